The predicted octanol–water partition coefficient (Wildman–Crippen LogP) is 3.21. The minimum atomic E-state index is 0.271. The van der Waals surface area contributed by atoms with Gasteiger partial charge in [0.05, 0.1) is 14.2 Å². The highest BCUT2D eigenvalue weighted by atomic mass is 16.5. The van der Waals surface area contributed by atoms with E-state index in [1.807, 2.05) is 6.07 Å². The number of nitrogens with zero attached hydrogens (tertiary/aromatic N) is 2. The summed E-state index contributed by atoms with van der Waals surface area (Å²) < 4.78 is 11.1. The molecule has 2 aliphatic rings. The molecule has 0 amide bonds. The molecule has 1 aliphatic heterocycles. The van der Waals surface area contributed by atoms with Crippen LogP contribution in [0.25, 0.3) is 0 Å². The number of aliphatic hydroxyl groups excluding tert-OH is 1. The molecule has 27 heavy (non-hydrogen) atoms. The molecule has 2 fully saturated rings. The first kappa shape index (κ1) is 20.4. The van der Waals surface area contributed by atoms with Gasteiger partial charge in [-0.3, -0.25) is 9.80 Å². The van der Waals surface area contributed by atoms with Crippen LogP contribution in [-0.2, 0) is 6.54 Å². The fraction of sp³-hybridized carbons (Fsp3) is 0.727. The third kappa shape index (κ3) is 4.76. The summed E-state index contributed by atoms with van der Waals surface area (Å²) in [7, 11) is 3.44. The van der Waals surface area contributed by atoms with Gasteiger partial charge in [-0.15, -0.1) is 0 Å². The quantitative estimate of drug-likeness (QED) is 0.792. The van der Waals surface area contributed by atoms with Crippen LogP contribution in [0.15, 0.2) is 12.1 Å². The molecule has 1 aliphatic carbocycles. The highest BCUT2D eigenvalue weighted by Crippen LogP contribution is 2.33. The fourth-order valence-corrected chi connectivity index (χ4v) is 4.98. The lowest BCUT2D eigenvalue weighted by Crippen LogP contribution is -2.56. The molecule has 1 N–H and O–H groups in total. The number of ether oxygens (including phenoxy) is 2. The lowest BCUT2D eigenvalue weighted by Gasteiger charge is -2.46. The van der Waals surface area contributed by atoms with E-state index in [1.54, 1.807) is 14.2 Å². The summed E-state index contributed by atoms with van der Waals surface area (Å²) in [6.07, 6.45) is 7.63. The van der Waals surface area contributed by atoms with E-state index < -0.39 is 0 Å². The molecule has 0 unspecified atom stereocenters. The largest absolute Gasteiger partial charge is 0.496 e. The molecule has 0 aromatic heterocycles. The molecular formula is C22H36N2O3. The molecule has 1 saturated carbocycles. The average Bonchev–Trinajstić information content (AvgIpc) is 2.69. The van der Waals surface area contributed by atoms with Gasteiger partial charge >= 0.3 is 0 Å². The zero-order chi connectivity index (χ0) is 19.2. The number of aliphatic hydroxyl groups is 1. The molecule has 1 aromatic carbocycles. The molecule has 1 atom stereocenters. The van der Waals surface area contributed by atoms with E-state index in [1.165, 1.54) is 37.7 Å². The Balaban J connectivity index is 1.69. The van der Waals surface area contributed by atoms with Crippen LogP contribution in [0.1, 0.15) is 49.7 Å². The molecule has 5 heteroatoms. The van der Waals surface area contributed by atoms with Gasteiger partial charge in [0.15, 0.2) is 0 Å². The Morgan fingerprint density at radius 1 is 1.07 bits per heavy atom. The Bertz CT molecular complexity index is 601. The zero-order valence-electron chi connectivity index (χ0n) is 17.2. The Hall–Kier alpha value is -1.30. The number of piperazine rings is 1. The second kappa shape index (κ2) is 9.76. The van der Waals surface area contributed by atoms with E-state index in [2.05, 4.69) is 22.8 Å². The summed E-state index contributed by atoms with van der Waals surface area (Å²) in [6.45, 7) is 6.41. The van der Waals surface area contributed by atoms with E-state index in [-0.39, 0.29) is 6.61 Å². The van der Waals surface area contributed by atoms with Crippen molar-refractivity contribution in [2.45, 2.75) is 64.1 Å². The molecular weight excluding hydrogens is 340 g/mol. The Kier molecular flexibility index (Phi) is 7.39. The SMILES string of the molecule is COc1ccc(CN2CCN(C3CCCCC3)[C@H](CCO)C2)c(OC)c1C. The van der Waals surface area contributed by atoms with Crippen LogP contribution in [0.5, 0.6) is 11.5 Å². The van der Waals surface area contributed by atoms with E-state index in [0.29, 0.717) is 6.04 Å². The van der Waals surface area contributed by atoms with Crippen molar-refractivity contribution in [1.82, 2.24) is 9.80 Å². The van der Waals surface area contributed by atoms with Crippen LogP contribution in [0, 0.1) is 6.92 Å². The number of hydrogen-bond acceptors (Lipinski definition) is 5. The zero-order valence-corrected chi connectivity index (χ0v) is 17.2. The van der Waals surface area contributed by atoms with Crippen molar-refractivity contribution in [3.63, 3.8) is 0 Å². The van der Waals surface area contributed by atoms with Gasteiger partial charge in [0.1, 0.15) is 11.5 Å². The minimum absolute atomic E-state index is 0.271. The van der Waals surface area contributed by atoms with E-state index >= 15 is 0 Å². The van der Waals surface area contributed by atoms with Gasteiger partial charge in [-0.05, 0) is 32.3 Å². The maximum absolute atomic E-state index is 9.61. The van der Waals surface area contributed by atoms with Crippen LogP contribution in [-0.4, -0.2) is 67.5 Å². The number of benzene rings is 1. The minimum Gasteiger partial charge on any atom is -0.496 e. The summed E-state index contributed by atoms with van der Waals surface area (Å²) in [5, 5.41) is 9.61. The highest BCUT2D eigenvalue weighted by molar-refractivity contribution is 5.49. The summed E-state index contributed by atoms with van der Waals surface area (Å²) in [6, 6.07) is 5.34. The summed E-state index contributed by atoms with van der Waals surface area (Å²) >= 11 is 0. The van der Waals surface area contributed by atoms with Crippen molar-refractivity contribution in [3.8, 4) is 11.5 Å². The van der Waals surface area contributed by atoms with Crippen LogP contribution in [0.2, 0.25) is 0 Å². The van der Waals surface area contributed by atoms with Crippen molar-refractivity contribution in [3.05, 3.63) is 23.3 Å². The molecule has 1 heterocycles. The molecule has 0 spiro atoms. The monoisotopic (exact) mass is 376 g/mol. The third-order valence-corrected chi connectivity index (χ3v) is 6.37. The van der Waals surface area contributed by atoms with Gasteiger partial charge in [-0.25, -0.2) is 0 Å². The summed E-state index contributed by atoms with van der Waals surface area (Å²) in [4.78, 5) is 5.21. The van der Waals surface area contributed by atoms with Crippen molar-refractivity contribution in [2.24, 2.45) is 0 Å². The van der Waals surface area contributed by atoms with Gasteiger partial charge < -0.3 is 14.6 Å². The normalized spacial score (nSPS) is 22.7. The fourth-order valence-electron chi connectivity index (χ4n) is 4.98. The van der Waals surface area contributed by atoms with Crippen molar-refractivity contribution >= 4 is 0 Å². The third-order valence-electron chi connectivity index (χ3n) is 6.37. The number of methoxy groups -OCH3 is 2. The van der Waals surface area contributed by atoms with Crippen molar-refractivity contribution in [2.75, 3.05) is 40.5 Å². The Labute approximate surface area is 164 Å². The average molecular weight is 377 g/mol. The second-order valence-electron chi connectivity index (χ2n) is 8.02. The van der Waals surface area contributed by atoms with Crippen LogP contribution >= 0.6 is 0 Å². The van der Waals surface area contributed by atoms with E-state index in [0.717, 1.165) is 55.7 Å². The van der Waals surface area contributed by atoms with Crippen LogP contribution < -0.4 is 9.47 Å². The maximum Gasteiger partial charge on any atom is 0.129 e. The molecule has 5 nitrogen and oxygen atoms in total. The van der Waals surface area contributed by atoms with Gasteiger partial charge in [0.25, 0.3) is 0 Å². The highest BCUT2D eigenvalue weighted by Gasteiger charge is 2.32. The van der Waals surface area contributed by atoms with Gasteiger partial charge in [0, 0.05) is 56.0 Å². The topological polar surface area (TPSA) is 45.2 Å². The predicted molar refractivity (Wildman–Crippen MR) is 109 cm³/mol. The lowest BCUT2D eigenvalue weighted by molar-refractivity contribution is 0.0134. The second-order valence-corrected chi connectivity index (χ2v) is 8.02. The van der Waals surface area contributed by atoms with Gasteiger partial charge in [-0.2, -0.15) is 0 Å². The first-order chi connectivity index (χ1) is 13.2. The van der Waals surface area contributed by atoms with Crippen LogP contribution in [0.4, 0.5) is 0 Å². The molecule has 0 bridgehead atoms. The molecule has 3 rings (SSSR count). The van der Waals surface area contributed by atoms with Gasteiger partial charge in [-0.1, -0.05) is 25.3 Å². The number of rotatable bonds is 7. The summed E-state index contributed by atoms with van der Waals surface area (Å²) in [5.74, 6) is 1.80. The standard InChI is InChI=1S/C22H36N2O3/c1-17-21(26-2)10-9-18(22(17)27-3)15-23-12-13-24(20(16-23)11-14-25)19-7-5-4-6-8-19/h9-10,19-20,25H,4-8,11-16H2,1-3H3/t20-/m1/s1. The van der Waals surface area contributed by atoms with Crippen LogP contribution in [0.3, 0.4) is 0 Å². The van der Waals surface area contributed by atoms with Crippen molar-refractivity contribution in [1.29, 1.82) is 0 Å². The Morgan fingerprint density at radius 2 is 1.85 bits per heavy atom. The first-order valence-corrected chi connectivity index (χ1v) is 10.5. The lowest BCUT2D eigenvalue weighted by atomic mass is 9.91. The molecule has 1 aromatic rings. The maximum atomic E-state index is 9.61. The first-order valence-electron chi connectivity index (χ1n) is 10.5. The van der Waals surface area contributed by atoms with E-state index in [4.69, 9.17) is 9.47 Å². The summed E-state index contributed by atoms with van der Waals surface area (Å²) in [5.41, 5.74) is 2.27. The van der Waals surface area contributed by atoms with Crippen molar-refractivity contribution < 1.29 is 14.6 Å². The smallest absolute Gasteiger partial charge is 0.129 e. The number of hydrogen-bond donors (Lipinski definition) is 1. The molecule has 0 radical (unpaired) electrons. The van der Waals surface area contributed by atoms with Gasteiger partial charge in [0.2, 0.25) is 0 Å². The molecule has 1 saturated heterocycles. The Morgan fingerprint density at radius 3 is 2.52 bits per heavy atom. The van der Waals surface area contributed by atoms with E-state index in [9.17, 15) is 5.11 Å². The molecule has 152 valence electrons.